The first kappa shape index (κ1) is 31.5. The summed E-state index contributed by atoms with van der Waals surface area (Å²) < 4.78 is 29.3. The maximum Gasteiger partial charge on any atom is 0.264 e. The van der Waals surface area contributed by atoms with Gasteiger partial charge in [-0.15, -0.1) is 0 Å². The summed E-state index contributed by atoms with van der Waals surface area (Å²) in [5, 5.41) is 3.05. The van der Waals surface area contributed by atoms with Crippen molar-refractivity contribution in [2.45, 2.75) is 57.1 Å². The SMILES string of the molecule is Cc1ccccc1N(CC(=O)N(Cc1ccccc1)[C@H](Cc1ccccc1)C(=O)NC(C)(C)C)S(=O)(=O)c1ccccc1. The molecule has 4 rings (SSSR count). The molecule has 1 N–H and O–H groups in total. The summed E-state index contributed by atoms with van der Waals surface area (Å²) in [6.45, 7) is 7.12. The average Bonchev–Trinajstić information content (AvgIpc) is 2.98. The lowest BCUT2D eigenvalue weighted by atomic mass is 10.0. The topological polar surface area (TPSA) is 86.8 Å². The molecule has 0 aromatic heterocycles. The number of sulfonamides is 1. The highest BCUT2D eigenvalue weighted by Gasteiger charge is 2.35. The summed E-state index contributed by atoms with van der Waals surface area (Å²) in [7, 11) is -4.13. The Morgan fingerprint density at radius 3 is 1.81 bits per heavy atom. The summed E-state index contributed by atoms with van der Waals surface area (Å²) in [5.41, 5.74) is 2.27. The molecule has 0 fully saturated rings. The Hall–Kier alpha value is -4.43. The van der Waals surface area contributed by atoms with Crippen LogP contribution in [-0.4, -0.2) is 43.3 Å². The number of anilines is 1. The van der Waals surface area contributed by atoms with E-state index >= 15 is 0 Å². The van der Waals surface area contributed by atoms with Crippen molar-refractivity contribution < 1.29 is 18.0 Å². The van der Waals surface area contributed by atoms with Gasteiger partial charge in [0.2, 0.25) is 11.8 Å². The van der Waals surface area contributed by atoms with Crippen molar-refractivity contribution in [1.82, 2.24) is 10.2 Å². The van der Waals surface area contributed by atoms with Crippen LogP contribution in [-0.2, 0) is 32.6 Å². The molecule has 0 saturated heterocycles. The van der Waals surface area contributed by atoms with Gasteiger partial charge >= 0.3 is 0 Å². The molecule has 0 aliphatic carbocycles. The molecule has 2 amide bonds. The van der Waals surface area contributed by atoms with Crippen molar-refractivity contribution in [2.75, 3.05) is 10.8 Å². The lowest BCUT2D eigenvalue weighted by molar-refractivity contribution is -0.140. The van der Waals surface area contributed by atoms with Gasteiger partial charge in [-0.1, -0.05) is 97.1 Å². The predicted molar refractivity (Wildman–Crippen MR) is 171 cm³/mol. The fourth-order valence-corrected chi connectivity index (χ4v) is 6.36. The van der Waals surface area contributed by atoms with Crippen molar-refractivity contribution in [3.8, 4) is 0 Å². The monoisotopic (exact) mass is 597 g/mol. The number of rotatable bonds is 11. The van der Waals surface area contributed by atoms with Gasteiger partial charge < -0.3 is 10.2 Å². The first-order valence-electron chi connectivity index (χ1n) is 14.3. The zero-order valence-electron chi connectivity index (χ0n) is 25.1. The summed E-state index contributed by atoms with van der Waals surface area (Å²) in [6.07, 6.45) is 0.261. The van der Waals surface area contributed by atoms with Crippen LogP contribution in [0.3, 0.4) is 0 Å². The molecule has 0 radical (unpaired) electrons. The van der Waals surface area contributed by atoms with Crippen molar-refractivity contribution in [3.63, 3.8) is 0 Å². The second kappa shape index (κ2) is 13.7. The Morgan fingerprint density at radius 2 is 1.26 bits per heavy atom. The number of carbonyl (C=O) groups excluding carboxylic acids is 2. The number of hydrogen-bond acceptors (Lipinski definition) is 4. The third-order valence-electron chi connectivity index (χ3n) is 6.96. The number of amides is 2. The molecule has 4 aromatic rings. The Morgan fingerprint density at radius 1 is 0.744 bits per heavy atom. The molecule has 7 nitrogen and oxygen atoms in total. The minimum absolute atomic E-state index is 0.0759. The molecule has 224 valence electrons. The van der Waals surface area contributed by atoms with Gasteiger partial charge in [-0.2, -0.15) is 0 Å². The molecule has 8 heteroatoms. The fourth-order valence-electron chi connectivity index (χ4n) is 4.86. The lowest BCUT2D eigenvalue weighted by Gasteiger charge is -2.35. The Kier molecular flexibility index (Phi) is 10.0. The summed E-state index contributed by atoms with van der Waals surface area (Å²) in [6, 6.07) is 33.2. The van der Waals surface area contributed by atoms with E-state index in [1.54, 1.807) is 30.3 Å². The first-order valence-corrected chi connectivity index (χ1v) is 15.7. The maximum atomic E-state index is 14.5. The number of nitrogens with zero attached hydrogens (tertiary/aromatic N) is 2. The smallest absolute Gasteiger partial charge is 0.264 e. The summed E-state index contributed by atoms with van der Waals surface area (Å²) >= 11 is 0. The molecule has 43 heavy (non-hydrogen) atoms. The van der Waals surface area contributed by atoms with Crippen LogP contribution in [0.4, 0.5) is 5.69 Å². The highest BCUT2D eigenvalue weighted by atomic mass is 32.2. The quantitative estimate of drug-likeness (QED) is 0.239. The lowest BCUT2D eigenvalue weighted by Crippen LogP contribution is -2.56. The third-order valence-corrected chi connectivity index (χ3v) is 8.73. The highest BCUT2D eigenvalue weighted by molar-refractivity contribution is 7.92. The van der Waals surface area contributed by atoms with Crippen LogP contribution < -0.4 is 9.62 Å². The highest BCUT2D eigenvalue weighted by Crippen LogP contribution is 2.27. The van der Waals surface area contributed by atoms with E-state index in [-0.39, 0.29) is 23.8 Å². The van der Waals surface area contributed by atoms with E-state index in [1.807, 2.05) is 100 Å². The second-order valence-electron chi connectivity index (χ2n) is 11.6. The molecule has 0 heterocycles. The Bertz CT molecular complexity index is 1620. The van der Waals surface area contributed by atoms with Gasteiger partial charge in [0.15, 0.2) is 0 Å². The first-order chi connectivity index (χ1) is 20.5. The Balaban J connectivity index is 1.81. The molecule has 0 bridgehead atoms. The van der Waals surface area contributed by atoms with Crippen LogP contribution in [0.5, 0.6) is 0 Å². The molecular formula is C35H39N3O4S. The molecular weight excluding hydrogens is 558 g/mol. The second-order valence-corrected chi connectivity index (χ2v) is 13.4. The van der Waals surface area contributed by atoms with Crippen LogP contribution in [0.25, 0.3) is 0 Å². The van der Waals surface area contributed by atoms with Crippen LogP contribution in [0, 0.1) is 6.92 Å². The van der Waals surface area contributed by atoms with Crippen LogP contribution in [0.15, 0.2) is 120 Å². The zero-order valence-corrected chi connectivity index (χ0v) is 25.9. The predicted octanol–water partition coefficient (Wildman–Crippen LogP) is 5.75. The summed E-state index contributed by atoms with van der Waals surface area (Å²) in [5.74, 6) is -0.800. The minimum Gasteiger partial charge on any atom is -0.350 e. The number of carbonyl (C=O) groups is 2. The van der Waals surface area contributed by atoms with Gasteiger partial charge in [-0.3, -0.25) is 13.9 Å². The normalized spacial score (nSPS) is 12.3. The van der Waals surface area contributed by atoms with Gasteiger partial charge in [0.05, 0.1) is 10.6 Å². The van der Waals surface area contributed by atoms with Crippen molar-refractivity contribution >= 4 is 27.5 Å². The Labute approximate surface area is 255 Å². The van der Waals surface area contributed by atoms with E-state index in [9.17, 15) is 18.0 Å². The van der Waals surface area contributed by atoms with E-state index in [0.29, 0.717) is 11.3 Å². The molecule has 0 aliphatic rings. The van der Waals surface area contributed by atoms with E-state index in [0.717, 1.165) is 15.4 Å². The maximum absolute atomic E-state index is 14.5. The molecule has 0 spiro atoms. The molecule has 0 saturated carbocycles. The van der Waals surface area contributed by atoms with Crippen LogP contribution in [0.2, 0.25) is 0 Å². The largest absolute Gasteiger partial charge is 0.350 e. The van der Waals surface area contributed by atoms with Crippen molar-refractivity contribution in [3.05, 3.63) is 132 Å². The van der Waals surface area contributed by atoms with Gasteiger partial charge in [0, 0.05) is 18.5 Å². The van der Waals surface area contributed by atoms with Crippen LogP contribution >= 0.6 is 0 Å². The summed E-state index contributed by atoms with van der Waals surface area (Å²) in [4.78, 5) is 29.9. The molecule has 0 aliphatic heterocycles. The van der Waals surface area contributed by atoms with E-state index in [2.05, 4.69) is 5.32 Å². The average molecular weight is 598 g/mol. The number of aryl methyl sites for hydroxylation is 1. The number of nitrogens with one attached hydrogen (secondary N) is 1. The van der Waals surface area contributed by atoms with E-state index < -0.39 is 34.1 Å². The van der Waals surface area contributed by atoms with Gasteiger partial charge in [0.1, 0.15) is 12.6 Å². The molecule has 1 atom stereocenters. The number of benzene rings is 4. The zero-order chi connectivity index (χ0) is 31.0. The van der Waals surface area contributed by atoms with Crippen LogP contribution in [0.1, 0.15) is 37.5 Å². The van der Waals surface area contributed by atoms with Crippen molar-refractivity contribution in [2.24, 2.45) is 0 Å². The molecule has 0 unspecified atom stereocenters. The van der Waals surface area contributed by atoms with Gasteiger partial charge in [0.25, 0.3) is 10.0 Å². The molecule has 4 aromatic carbocycles. The minimum atomic E-state index is -4.13. The van der Waals surface area contributed by atoms with Gasteiger partial charge in [-0.05, 0) is 62.6 Å². The van der Waals surface area contributed by atoms with Crippen molar-refractivity contribution in [1.29, 1.82) is 0 Å². The number of para-hydroxylation sites is 1. The number of hydrogen-bond donors (Lipinski definition) is 1. The van der Waals surface area contributed by atoms with E-state index in [4.69, 9.17) is 0 Å². The van der Waals surface area contributed by atoms with E-state index in [1.165, 1.54) is 17.0 Å². The van der Waals surface area contributed by atoms with Gasteiger partial charge in [-0.25, -0.2) is 8.42 Å². The standard InChI is InChI=1S/C35H39N3O4S/c1-27-16-14-15-23-31(27)38(43(41,42)30-21-12-7-13-22-30)26-33(39)37(25-29-19-10-6-11-20-29)32(34(40)36-35(2,3)4)24-28-17-8-5-9-18-28/h5-23,32H,24-26H2,1-4H3,(H,36,40)/t32-/m1/s1. The third kappa shape index (κ3) is 8.32. The fraction of sp³-hybridized carbons (Fsp3) is 0.257.